The van der Waals surface area contributed by atoms with Crippen LogP contribution in [-0.4, -0.2) is 52.4 Å². The van der Waals surface area contributed by atoms with Crippen LogP contribution in [0, 0.1) is 0 Å². The van der Waals surface area contributed by atoms with Gasteiger partial charge in [0.2, 0.25) is 0 Å². The zero-order valence-corrected chi connectivity index (χ0v) is 15.5. The van der Waals surface area contributed by atoms with Crippen LogP contribution in [0.4, 0.5) is 0 Å². The van der Waals surface area contributed by atoms with Gasteiger partial charge >= 0.3 is 5.97 Å². The molecule has 7 heteroatoms. The minimum atomic E-state index is -0.175. The number of carbonyl (C=O) groups excluding carboxylic acids is 1. The van der Waals surface area contributed by atoms with Gasteiger partial charge in [-0.25, -0.2) is 0 Å². The number of methoxy groups -OCH3 is 2. The first kappa shape index (κ1) is 20.6. The topological polar surface area (TPSA) is 81.2 Å². The third kappa shape index (κ3) is 8.83. The molecule has 0 fully saturated rings. The Kier molecular flexibility index (Phi) is 9.89. The molecule has 140 valence electrons. The van der Waals surface area contributed by atoms with Crippen LogP contribution in [0.15, 0.2) is 29.3 Å². The van der Waals surface area contributed by atoms with Gasteiger partial charge in [-0.15, -0.1) is 0 Å². The van der Waals surface area contributed by atoms with E-state index in [1.807, 2.05) is 31.2 Å². The lowest BCUT2D eigenvalue weighted by molar-refractivity contribution is -0.140. The van der Waals surface area contributed by atoms with E-state index in [0.717, 1.165) is 30.9 Å². The fourth-order valence-corrected chi connectivity index (χ4v) is 2.11. The van der Waals surface area contributed by atoms with Gasteiger partial charge in [-0.3, -0.25) is 9.79 Å². The average molecular weight is 351 g/mol. The number of carbonyl (C=O) groups is 1. The first-order chi connectivity index (χ1) is 12.1. The average Bonchev–Trinajstić information content (AvgIpc) is 2.63. The third-order valence-corrected chi connectivity index (χ3v) is 3.49. The maximum absolute atomic E-state index is 11.0. The molecule has 1 rings (SSSR count). The quantitative estimate of drug-likeness (QED) is 0.290. The molecule has 7 nitrogen and oxygen atoms in total. The highest BCUT2D eigenvalue weighted by Gasteiger charge is 2.07. The SMILES string of the molecule is CN=C(NCCCCC(=O)OC)NCC(C)Oc1cccc(OC)c1. The summed E-state index contributed by atoms with van der Waals surface area (Å²) in [6.07, 6.45) is 2.05. The molecule has 0 radical (unpaired) electrons. The van der Waals surface area contributed by atoms with Gasteiger partial charge in [-0.1, -0.05) is 6.07 Å². The second kappa shape index (κ2) is 12.0. The molecule has 0 bridgehead atoms. The van der Waals surface area contributed by atoms with E-state index in [-0.39, 0.29) is 12.1 Å². The molecule has 0 aliphatic rings. The number of hydrogen-bond acceptors (Lipinski definition) is 5. The lowest BCUT2D eigenvalue weighted by Crippen LogP contribution is -2.42. The second-order valence-corrected chi connectivity index (χ2v) is 5.52. The predicted molar refractivity (Wildman–Crippen MR) is 98.3 cm³/mol. The fourth-order valence-electron chi connectivity index (χ4n) is 2.11. The normalized spacial score (nSPS) is 12.2. The highest BCUT2D eigenvalue weighted by Crippen LogP contribution is 2.19. The van der Waals surface area contributed by atoms with Crippen molar-refractivity contribution in [2.45, 2.75) is 32.3 Å². The number of aliphatic imine (C=N–C) groups is 1. The van der Waals surface area contributed by atoms with Crippen LogP contribution >= 0.6 is 0 Å². The zero-order chi connectivity index (χ0) is 18.5. The smallest absolute Gasteiger partial charge is 0.305 e. The number of rotatable bonds is 10. The van der Waals surface area contributed by atoms with Crippen LogP contribution in [-0.2, 0) is 9.53 Å². The molecular formula is C18H29N3O4. The first-order valence-electron chi connectivity index (χ1n) is 8.41. The predicted octanol–water partition coefficient (Wildman–Crippen LogP) is 1.97. The lowest BCUT2D eigenvalue weighted by Gasteiger charge is -2.18. The van der Waals surface area contributed by atoms with Gasteiger partial charge in [0, 0.05) is 26.1 Å². The molecule has 0 aromatic heterocycles. The van der Waals surface area contributed by atoms with E-state index in [4.69, 9.17) is 9.47 Å². The summed E-state index contributed by atoms with van der Waals surface area (Å²) in [5, 5.41) is 6.43. The number of guanidine groups is 1. The summed E-state index contributed by atoms with van der Waals surface area (Å²) >= 11 is 0. The van der Waals surface area contributed by atoms with Crippen LogP contribution in [0.3, 0.4) is 0 Å². The third-order valence-electron chi connectivity index (χ3n) is 3.49. The van der Waals surface area contributed by atoms with Crippen LogP contribution in [0.5, 0.6) is 11.5 Å². The van der Waals surface area contributed by atoms with Gasteiger partial charge in [0.15, 0.2) is 5.96 Å². The first-order valence-corrected chi connectivity index (χ1v) is 8.41. The van der Waals surface area contributed by atoms with Crippen molar-refractivity contribution >= 4 is 11.9 Å². The van der Waals surface area contributed by atoms with Crippen molar-refractivity contribution in [1.29, 1.82) is 0 Å². The van der Waals surface area contributed by atoms with Crippen molar-refractivity contribution in [3.63, 3.8) is 0 Å². The molecule has 1 aromatic carbocycles. The summed E-state index contributed by atoms with van der Waals surface area (Å²) in [6, 6.07) is 7.52. The van der Waals surface area contributed by atoms with Crippen molar-refractivity contribution in [1.82, 2.24) is 10.6 Å². The van der Waals surface area contributed by atoms with E-state index >= 15 is 0 Å². The molecule has 0 spiro atoms. The van der Waals surface area contributed by atoms with Gasteiger partial charge in [0.05, 0.1) is 20.8 Å². The van der Waals surface area contributed by atoms with E-state index < -0.39 is 0 Å². The standard InChI is InChI=1S/C18H29N3O4/c1-14(25-16-9-7-8-15(12-16)23-3)13-21-18(19-2)20-11-6-5-10-17(22)24-4/h7-9,12,14H,5-6,10-11,13H2,1-4H3,(H2,19,20,21). The van der Waals surface area contributed by atoms with Crippen molar-refractivity contribution in [2.24, 2.45) is 4.99 Å². The Morgan fingerprint density at radius 2 is 1.96 bits per heavy atom. The van der Waals surface area contributed by atoms with E-state index in [9.17, 15) is 4.79 Å². The van der Waals surface area contributed by atoms with E-state index in [1.165, 1.54) is 7.11 Å². The van der Waals surface area contributed by atoms with Gasteiger partial charge < -0.3 is 24.8 Å². The molecule has 0 saturated heterocycles. The van der Waals surface area contributed by atoms with Gasteiger partial charge in [-0.2, -0.15) is 0 Å². The number of hydrogen-bond donors (Lipinski definition) is 2. The molecule has 0 amide bonds. The Morgan fingerprint density at radius 1 is 1.20 bits per heavy atom. The molecule has 1 unspecified atom stereocenters. The monoisotopic (exact) mass is 351 g/mol. The molecule has 25 heavy (non-hydrogen) atoms. The molecule has 0 heterocycles. The molecule has 0 aliphatic carbocycles. The number of unbranched alkanes of at least 4 members (excludes halogenated alkanes) is 1. The van der Waals surface area contributed by atoms with E-state index in [1.54, 1.807) is 14.2 Å². The Bertz CT molecular complexity index is 549. The minimum absolute atomic E-state index is 0.0371. The number of esters is 1. The molecule has 2 N–H and O–H groups in total. The largest absolute Gasteiger partial charge is 0.497 e. The summed E-state index contributed by atoms with van der Waals surface area (Å²) in [4.78, 5) is 15.2. The van der Waals surface area contributed by atoms with Crippen molar-refractivity contribution in [3.05, 3.63) is 24.3 Å². The Balaban J connectivity index is 2.25. The van der Waals surface area contributed by atoms with Gasteiger partial charge in [0.1, 0.15) is 17.6 Å². The lowest BCUT2D eigenvalue weighted by atomic mass is 10.2. The van der Waals surface area contributed by atoms with Crippen molar-refractivity contribution in [3.8, 4) is 11.5 Å². The van der Waals surface area contributed by atoms with Crippen LogP contribution in [0.1, 0.15) is 26.2 Å². The van der Waals surface area contributed by atoms with Gasteiger partial charge in [-0.05, 0) is 31.9 Å². The number of benzene rings is 1. The van der Waals surface area contributed by atoms with Gasteiger partial charge in [0.25, 0.3) is 0 Å². The molecule has 0 aliphatic heterocycles. The number of nitrogens with zero attached hydrogens (tertiary/aromatic N) is 1. The van der Waals surface area contributed by atoms with Crippen LogP contribution in [0.25, 0.3) is 0 Å². The Labute approximate surface area is 149 Å². The summed E-state index contributed by atoms with van der Waals surface area (Å²) < 4.78 is 15.7. The fraction of sp³-hybridized carbons (Fsp3) is 0.556. The second-order valence-electron chi connectivity index (χ2n) is 5.52. The maximum Gasteiger partial charge on any atom is 0.305 e. The highest BCUT2D eigenvalue weighted by molar-refractivity contribution is 5.79. The van der Waals surface area contributed by atoms with Crippen LogP contribution in [0.2, 0.25) is 0 Å². The molecule has 1 atom stereocenters. The molecule has 1 aromatic rings. The number of ether oxygens (including phenoxy) is 3. The Hall–Kier alpha value is -2.44. The minimum Gasteiger partial charge on any atom is -0.497 e. The summed E-state index contributed by atoms with van der Waals surface area (Å²) in [7, 11) is 4.75. The van der Waals surface area contributed by atoms with E-state index in [0.29, 0.717) is 18.9 Å². The number of nitrogens with one attached hydrogen (secondary N) is 2. The molecular weight excluding hydrogens is 322 g/mol. The highest BCUT2D eigenvalue weighted by atomic mass is 16.5. The van der Waals surface area contributed by atoms with Crippen LogP contribution < -0.4 is 20.1 Å². The van der Waals surface area contributed by atoms with Crippen molar-refractivity contribution in [2.75, 3.05) is 34.4 Å². The van der Waals surface area contributed by atoms with Crippen molar-refractivity contribution < 1.29 is 19.0 Å². The zero-order valence-electron chi connectivity index (χ0n) is 15.5. The van der Waals surface area contributed by atoms with E-state index in [2.05, 4.69) is 20.4 Å². The maximum atomic E-state index is 11.0. The summed E-state index contributed by atoms with van der Waals surface area (Å²) in [5.74, 6) is 2.06. The molecule has 0 saturated carbocycles. The summed E-state index contributed by atoms with van der Waals surface area (Å²) in [6.45, 7) is 3.33. The Morgan fingerprint density at radius 3 is 2.64 bits per heavy atom. The summed E-state index contributed by atoms with van der Waals surface area (Å²) in [5.41, 5.74) is 0.